The summed E-state index contributed by atoms with van der Waals surface area (Å²) >= 11 is 6.13. The molecule has 0 saturated carbocycles. The Morgan fingerprint density at radius 2 is 1.72 bits per heavy atom. The van der Waals surface area contributed by atoms with Crippen LogP contribution in [0.4, 0.5) is 0 Å². The molecule has 0 amide bonds. The van der Waals surface area contributed by atoms with Gasteiger partial charge in [0.25, 0.3) is 0 Å². The second-order valence-corrected chi connectivity index (χ2v) is 4.42. The summed E-state index contributed by atoms with van der Waals surface area (Å²) in [7, 11) is 3.27. The third-order valence-corrected chi connectivity index (χ3v) is 3.40. The number of ether oxygens (including phenoxy) is 2. The lowest BCUT2D eigenvalue weighted by molar-refractivity contribution is 0.417. The molecule has 0 spiro atoms. The summed E-state index contributed by atoms with van der Waals surface area (Å²) in [5.41, 5.74) is 1.85. The summed E-state index contributed by atoms with van der Waals surface area (Å²) < 4.78 is 10.7. The van der Waals surface area contributed by atoms with E-state index in [2.05, 4.69) is 4.98 Å². The lowest BCUT2D eigenvalue weighted by atomic mass is 10.1. The average Bonchev–Trinajstić information content (AvgIpc) is 2.76. The van der Waals surface area contributed by atoms with Crippen LogP contribution in [0.25, 0.3) is 21.8 Å². The maximum absolute atomic E-state index is 6.13. The first-order valence-electron chi connectivity index (χ1n) is 5.57. The largest absolute Gasteiger partial charge is 0.495 e. The van der Waals surface area contributed by atoms with Crippen LogP contribution in [0.2, 0.25) is 5.02 Å². The quantitative estimate of drug-likeness (QED) is 0.757. The van der Waals surface area contributed by atoms with E-state index >= 15 is 0 Å². The first-order valence-corrected chi connectivity index (χ1v) is 5.95. The van der Waals surface area contributed by atoms with Gasteiger partial charge in [-0.3, -0.25) is 0 Å². The van der Waals surface area contributed by atoms with Gasteiger partial charge >= 0.3 is 0 Å². The highest BCUT2D eigenvalue weighted by molar-refractivity contribution is 6.33. The van der Waals surface area contributed by atoms with Gasteiger partial charge in [0.1, 0.15) is 5.75 Å². The van der Waals surface area contributed by atoms with Crippen molar-refractivity contribution < 1.29 is 9.47 Å². The molecule has 92 valence electrons. The summed E-state index contributed by atoms with van der Waals surface area (Å²) in [5, 5.41) is 2.76. The number of hydrogen-bond donors (Lipinski definition) is 1. The average molecular weight is 262 g/mol. The van der Waals surface area contributed by atoms with E-state index in [1.165, 1.54) is 0 Å². The Balaban J connectivity index is 2.50. The molecule has 3 nitrogen and oxygen atoms in total. The summed E-state index contributed by atoms with van der Waals surface area (Å²) in [4.78, 5) is 3.32. The molecule has 0 aliphatic rings. The number of rotatable bonds is 2. The van der Waals surface area contributed by atoms with Gasteiger partial charge in [-0.2, -0.15) is 0 Å². The number of hydrogen-bond acceptors (Lipinski definition) is 2. The number of aromatic nitrogens is 1. The fourth-order valence-corrected chi connectivity index (χ4v) is 2.52. The molecular weight excluding hydrogens is 250 g/mol. The van der Waals surface area contributed by atoms with E-state index in [9.17, 15) is 0 Å². The third-order valence-electron chi connectivity index (χ3n) is 3.10. The maximum atomic E-state index is 6.13. The molecular formula is C14H12ClNO2. The van der Waals surface area contributed by atoms with Crippen molar-refractivity contribution in [2.75, 3.05) is 14.2 Å². The van der Waals surface area contributed by atoms with Crippen molar-refractivity contribution in [2.45, 2.75) is 0 Å². The summed E-state index contributed by atoms with van der Waals surface area (Å²) in [5.74, 6) is 1.47. The predicted molar refractivity (Wildman–Crippen MR) is 73.9 cm³/mol. The topological polar surface area (TPSA) is 34.2 Å². The van der Waals surface area contributed by atoms with E-state index < -0.39 is 0 Å². The van der Waals surface area contributed by atoms with Crippen LogP contribution in [0.15, 0.2) is 30.3 Å². The minimum Gasteiger partial charge on any atom is -0.495 e. The van der Waals surface area contributed by atoms with Crippen LogP contribution in [-0.4, -0.2) is 19.2 Å². The van der Waals surface area contributed by atoms with Gasteiger partial charge in [-0.25, -0.2) is 0 Å². The van der Waals surface area contributed by atoms with Crippen LogP contribution in [0.5, 0.6) is 11.5 Å². The Hall–Kier alpha value is -1.87. The van der Waals surface area contributed by atoms with E-state index in [0.717, 1.165) is 27.6 Å². The summed E-state index contributed by atoms with van der Waals surface area (Å²) in [6, 6.07) is 9.76. The van der Waals surface area contributed by atoms with E-state index in [-0.39, 0.29) is 0 Å². The number of para-hydroxylation sites is 1. The highest BCUT2D eigenvalue weighted by atomic mass is 35.5. The number of H-pyrrole nitrogens is 1. The van der Waals surface area contributed by atoms with E-state index in [4.69, 9.17) is 21.1 Å². The Morgan fingerprint density at radius 3 is 2.44 bits per heavy atom. The van der Waals surface area contributed by atoms with Gasteiger partial charge in [0.05, 0.1) is 30.3 Å². The van der Waals surface area contributed by atoms with Crippen molar-refractivity contribution in [1.82, 2.24) is 4.98 Å². The van der Waals surface area contributed by atoms with Crippen molar-refractivity contribution in [1.29, 1.82) is 0 Å². The van der Waals surface area contributed by atoms with E-state index in [0.29, 0.717) is 10.8 Å². The van der Waals surface area contributed by atoms with Crippen LogP contribution >= 0.6 is 11.6 Å². The van der Waals surface area contributed by atoms with Gasteiger partial charge in [0, 0.05) is 10.8 Å². The molecule has 2 aromatic carbocycles. The molecule has 0 bridgehead atoms. The Bertz CT molecular complexity index is 733. The number of halogens is 1. The van der Waals surface area contributed by atoms with Crippen molar-refractivity contribution in [2.24, 2.45) is 0 Å². The molecule has 18 heavy (non-hydrogen) atoms. The first kappa shape index (κ1) is 11.2. The summed E-state index contributed by atoms with van der Waals surface area (Å²) in [6.45, 7) is 0. The zero-order valence-electron chi connectivity index (χ0n) is 10.1. The van der Waals surface area contributed by atoms with E-state index in [1.54, 1.807) is 14.2 Å². The van der Waals surface area contributed by atoms with Gasteiger partial charge in [0.15, 0.2) is 5.75 Å². The lowest BCUT2D eigenvalue weighted by Gasteiger charge is -2.03. The number of benzene rings is 2. The predicted octanol–water partition coefficient (Wildman–Crippen LogP) is 3.99. The van der Waals surface area contributed by atoms with Crippen molar-refractivity contribution in [3.05, 3.63) is 35.4 Å². The fourth-order valence-electron chi connectivity index (χ4n) is 2.28. The Kier molecular flexibility index (Phi) is 2.56. The normalized spacial score (nSPS) is 11.1. The van der Waals surface area contributed by atoms with Crippen LogP contribution in [-0.2, 0) is 0 Å². The molecule has 0 unspecified atom stereocenters. The van der Waals surface area contributed by atoms with Gasteiger partial charge in [0.2, 0.25) is 0 Å². The lowest BCUT2D eigenvalue weighted by Crippen LogP contribution is -1.85. The second-order valence-electron chi connectivity index (χ2n) is 4.01. The van der Waals surface area contributed by atoms with Crippen molar-refractivity contribution >= 4 is 33.4 Å². The zero-order valence-corrected chi connectivity index (χ0v) is 10.8. The molecule has 4 heteroatoms. The monoisotopic (exact) mass is 261 g/mol. The van der Waals surface area contributed by atoms with Gasteiger partial charge in [-0.15, -0.1) is 0 Å². The molecule has 3 aromatic rings. The molecule has 0 saturated heterocycles. The van der Waals surface area contributed by atoms with Crippen molar-refractivity contribution in [3.8, 4) is 11.5 Å². The van der Waals surface area contributed by atoms with E-state index in [1.807, 2.05) is 30.3 Å². The molecule has 0 atom stereocenters. The molecule has 1 heterocycles. The van der Waals surface area contributed by atoms with Crippen LogP contribution in [0.3, 0.4) is 0 Å². The highest BCUT2D eigenvalue weighted by Crippen LogP contribution is 2.38. The van der Waals surface area contributed by atoms with Crippen LogP contribution in [0.1, 0.15) is 0 Å². The molecule has 0 fully saturated rings. The van der Waals surface area contributed by atoms with Gasteiger partial charge in [-0.05, 0) is 12.1 Å². The number of nitrogens with one attached hydrogen (secondary N) is 1. The molecule has 0 aliphatic carbocycles. The van der Waals surface area contributed by atoms with Crippen LogP contribution < -0.4 is 9.47 Å². The van der Waals surface area contributed by atoms with Gasteiger partial charge in [-0.1, -0.05) is 29.8 Å². The zero-order chi connectivity index (χ0) is 12.7. The molecule has 0 aliphatic heterocycles. The standard InChI is InChI=1S/C14H12ClNO2/c1-17-11-5-3-4-8-9-6-7-10(15)14(18-2)13(9)16-12(8)11/h3-7,16H,1-2H3. The first-order chi connectivity index (χ1) is 8.76. The molecule has 1 aromatic heterocycles. The number of fused-ring (bicyclic) bond motifs is 3. The number of aromatic amines is 1. The molecule has 3 rings (SSSR count). The van der Waals surface area contributed by atoms with Crippen LogP contribution in [0, 0.1) is 0 Å². The SMILES string of the molecule is COc1cccc2c1[nH]c1c(OC)c(Cl)ccc12. The third kappa shape index (κ3) is 1.44. The Morgan fingerprint density at radius 1 is 0.944 bits per heavy atom. The Labute approximate surface area is 109 Å². The maximum Gasteiger partial charge on any atom is 0.161 e. The molecule has 1 N–H and O–H groups in total. The second kappa shape index (κ2) is 4.10. The minimum absolute atomic E-state index is 0.593. The smallest absolute Gasteiger partial charge is 0.161 e. The fraction of sp³-hybridized carbons (Fsp3) is 0.143. The van der Waals surface area contributed by atoms with Gasteiger partial charge < -0.3 is 14.5 Å². The van der Waals surface area contributed by atoms with Crippen molar-refractivity contribution in [3.63, 3.8) is 0 Å². The highest BCUT2D eigenvalue weighted by Gasteiger charge is 2.13. The minimum atomic E-state index is 0.593. The summed E-state index contributed by atoms with van der Waals surface area (Å²) in [6.07, 6.45) is 0. The molecule has 0 radical (unpaired) electrons. The number of methoxy groups -OCH3 is 2.